The van der Waals surface area contributed by atoms with Crippen LogP contribution in [-0.4, -0.2) is 27.2 Å². The lowest BCUT2D eigenvalue weighted by atomic mass is 9.87. The van der Waals surface area contributed by atoms with Crippen LogP contribution in [0.15, 0.2) is 18.1 Å². The number of ether oxygens (including phenoxy) is 1. The molecule has 1 amide bonds. The van der Waals surface area contributed by atoms with Crippen molar-refractivity contribution < 1.29 is 19.2 Å². The fourth-order valence-electron chi connectivity index (χ4n) is 3.30. The molecule has 1 heterocycles. The summed E-state index contributed by atoms with van der Waals surface area (Å²) in [4.78, 5) is 33.3. The Morgan fingerprint density at radius 3 is 2.57 bits per heavy atom. The molecule has 0 saturated heterocycles. The topological polar surface area (TPSA) is 82.5 Å². The van der Waals surface area contributed by atoms with Crippen molar-refractivity contribution in [2.24, 2.45) is 5.92 Å². The molecule has 2 rings (SSSR count). The number of carbonyl (C=O) groups is 2. The molecule has 1 aliphatic rings. The molecule has 0 aromatic carbocycles. The van der Waals surface area contributed by atoms with E-state index in [0.29, 0.717) is 18.0 Å². The van der Waals surface area contributed by atoms with E-state index in [1.54, 1.807) is 26.8 Å². The van der Waals surface area contributed by atoms with Crippen molar-refractivity contribution in [3.05, 3.63) is 23.8 Å². The minimum Gasteiger partial charge on any atom is -0.442 e. The Hall–Kier alpha value is -2.31. The van der Waals surface area contributed by atoms with Gasteiger partial charge in [-0.3, -0.25) is 0 Å². The summed E-state index contributed by atoms with van der Waals surface area (Å²) in [5.41, 5.74) is 2.56. The maximum absolute atomic E-state index is 12.4. The number of carbonyl (C=O) groups excluding carboxylic acids is 2. The third kappa shape index (κ3) is 7.02. The monoisotopic (exact) mass is 391 g/mol. The van der Waals surface area contributed by atoms with Gasteiger partial charge >= 0.3 is 12.1 Å². The molecule has 1 aromatic heterocycles. The molecule has 0 radical (unpaired) electrons. The molecule has 0 bridgehead atoms. The van der Waals surface area contributed by atoms with Gasteiger partial charge in [-0.05, 0) is 64.9 Å². The molecule has 1 N–H and O–H groups in total. The molecule has 1 aliphatic carbocycles. The lowest BCUT2D eigenvalue weighted by Crippen LogP contribution is -2.34. The van der Waals surface area contributed by atoms with Gasteiger partial charge in [0.2, 0.25) is 0 Å². The average Bonchev–Trinajstić information content (AvgIpc) is 3.07. The predicted octanol–water partition coefficient (Wildman–Crippen LogP) is 4.80. The number of hydrogen-bond donors (Lipinski definition) is 1. The summed E-state index contributed by atoms with van der Waals surface area (Å²) in [6.45, 7) is 9.48. The highest BCUT2D eigenvalue weighted by molar-refractivity contribution is 5.93. The number of aromatic nitrogens is 2. The van der Waals surface area contributed by atoms with Gasteiger partial charge < -0.3 is 14.1 Å². The summed E-state index contributed by atoms with van der Waals surface area (Å²) >= 11 is 0. The van der Waals surface area contributed by atoms with Crippen molar-refractivity contribution in [1.29, 1.82) is 0 Å². The van der Waals surface area contributed by atoms with Gasteiger partial charge in [0, 0.05) is 17.8 Å². The second-order valence-corrected chi connectivity index (χ2v) is 8.57. The van der Waals surface area contributed by atoms with E-state index in [-0.39, 0.29) is 0 Å². The number of rotatable bonds is 5. The number of nitrogens with zero attached hydrogens (tertiary/aromatic N) is 2. The molecular weight excluding hydrogens is 358 g/mol. The lowest BCUT2D eigenvalue weighted by molar-refractivity contribution is -0.145. The Bertz CT molecular complexity index is 695. The van der Waals surface area contributed by atoms with Crippen LogP contribution in [0.2, 0.25) is 0 Å². The first-order chi connectivity index (χ1) is 13.2. The Kier molecular flexibility index (Phi) is 7.66. The van der Waals surface area contributed by atoms with Crippen LogP contribution in [0.5, 0.6) is 0 Å². The van der Waals surface area contributed by atoms with Crippen LogP contribution in [0, 0.1) is 5.92 Å². The summed E-state index contributed by atoms with van der Waals surface area (Å²) in [5.74, 6) is 0.191. The SMILES string of the molecule is CCCC(=Cc1cn([C@H]2CC[C@H](C)CC2)cn1)C(=O)ONC(=O)OC(C)(C)C. The molecule has 0 aliphatic heterocycles. The predicted molar refractivity (Wildman–Crippen MR) is 107 cm³/mol. The zero-order chi connectivity index (χ0) is 20.7. The number of amides is 1. The minimum atomic E-state index is -0.799. The van der Waals surface area contributed by atoms with Crippen LogP contribution in [0.1, 0.15) is 84.9 Å². The lowest BCUT2D eigenvalue weighted by Gasteiger charge is -2.26. The van der Waals surface area contributed by atoms with E-state index >= 15 is 0 Å². The van der Waals surface area contributed by atoms with Crippen molar-refractivity contribution in [3.63, 3.8) is 0 Å². The highest BCUT2D eigenvalue weighted by atomic mass is 16.7. The summed E-state index contributed by atoms with van der Waals surface area (Å²) in [6.07, 6.45) is 10.8. The van der Waals surface area contributed by atoms with E-state index in [1.807, 2.05) is 24.9 Å². The van der Waals surface area contributed by atoms with Gasteiger partial charge in [-0.25, -0.2) is 14.6 Å². The smallest absolute Gasteiger partial charge is 0.441 e. The maximum Gasteiger partial charge on any atom is 0.441 e. The highest BCUT2D eigenvalue weighted by Crippen LogP contribution is 2.31. The molecule has 7 heteroatoms. The van der Waals surface area contributed by atoms with Crippen LogP contribution in [-0.2, 0) is 14.4 Å². The second kappa shape index (κ2) is 9.75. The molecule has 1 aromatic rings. The summed E-state index contributed by atoms with van der Waals surface area (Å²) in [5, 5.41) is 0. The van der Waals surface area contributed by atoms with Crippen LogP contribution in [0.25, 0.3) is 6.08 Å². The Balaban J connectivity index is 1.99. The van der Waals surface area contributed by atoms with Gasteiger partial charge in [0.15, 0.2) is 0 Å². The molecule has 0 atom stereocenters. The van der Waals surface area contributed by atoms with Gasteiger partial charge in [-0.2, -0.15) is 0 Å². The van der Waals surface area contributed by atoms with Gasteiger partial charge in [-0.15, -0.1) is 5.48 Å². The number of imidazole rings is 1. The summed E-state index contributed by atoms with van der Waals surface area (Å²) in [6, 6.07) is 0.473. The fourth-order valence-corrected chi connectivity index (χ4v) is 3.30. The number of nitrogens with one attached hydrogen (secondary N) is 1. The van der Waals surface area contributed by atoms with E-state index in [0.717, 1.165) is 30.9 Å². The zero-order valence-corrected chi connectivity index (χ0v) is 17.7. The van der Waals surface area contributed by atoms with E-state index in [9.17, 15) is 9.59 Å². The summed E-state index contributed by atoms with van der Waals surface area (Å²) in [7, 11) is 0. The number of hydrogen-bond acceptors (Lipinski definition) is 5. The van der Waals surface area contributed by atoms with Crippen LogP contribution in [0.4, 0.5) is 4.79 Å². The van der Waals surface area contributed by atoms with Gasteiger partial charge in [0.05, 0.1) is 12.0 Å². The van der Waals surface area contributed by atoms with Crippen LogP contribution in [0.3, 0.4) is 0 Å². The zero-order valence-electron chi connectivity index (χ0n) is 17.7. The third-order valence-electron chi connectivity index (χ3n) is 4.76. The van der Waals surface area contributed by atoms with Crippen molar-refractivity contribution in [1.82, 2.24) is 15.0 Å². The maximum atomic E-state index is 12.4. The first-order valence-corrected chi connectivity index (χ1v) is 10.1. The molecule has 0 spiro atoms. The Labute approximate surface area is 167 Å². The molecule has 0 unspecified atom stereocenters. The van der Waals surface area contributed by atoms with Gasteiger partial charge in [0.1, 0.15) is 5.60 Å². The average molecular weight is 392 g/mol. The van der Waals surface area contributed by atoms with Crippen LogP contribution >= 0.6 is 0 Å². The highest BCUT2D eigenvalue weighted by Gasteiger charge is 2.21. The quantitative estimate of drug-likeness (QED) is 0.576. The fraction of sp³-hybridized carbons (Fsp3) is 0.667. The van der Waals surface area contributed by atoms with E-state index < -0.39 is 17.7 Å². The molecule has 28 heavy (non-hydrogen) atoms. The molecular formula is C21H33N3O4. The van der Waals surface area contributed by atoms with Crippen LogP contribution < -0.4 is 5.48 Å². The second-order valence-electron chi connectivity index (χ2n) is 8.57. The molecule has 1 fully saturated rings. The minimum absolute atomic E-state index is 0.459. The van der Waals surface area contributed by atoms with E-state index in [2.05, 4.69) is 16.5 Å². The standard InChI is InChI=1S/C21H33N3O4/c1-6-7-16(19(25)28-23-20(26)27-21(3,4)5)12-17-13-24(14-22-17)18-10-8-15(2)9-11-18/h12-15,18H,6-11H2,1-5H3,(H,23,26)/t15-,18-. The van der Waals surface area contributed by atoms with Crippen molar-refractivity contribution >= 4 is 18.1 Å². The molecule has 1 saturated carbocycles. The first-order valence-electron chi connectivity index (χ1n) is 10.1. The Morgan fingerprint density at radius 2 is 1.96 bits per heavy atom. The van der Waals surface area contributed by atoms with Gasteiger partial charge in [-0.1, -0.05) is 20.3 Å². The molecule has 7 nitrogen and oxygen atoms in total. The molecule has 156 valence electrons. The summed E-state index contributed by atoms with van der Waals surface area (Å²) < 4.78 is 7.21. The number of hydroxylamine groups is 1. The van der Waals surface area contributed by atoms with Crippen molar-refractivity contribution in [2.45, 2.75) is 84.8 Å². The first kappa shape index (κ1) is 22.0. The van der Waals surface area contributed by atoms with Gasteiger partial charge in [0.25, 0.3) is 0 Å². The normalized spacial score (nSPS) is 20.5. The van der Waals surface area contributed by atoms with Crippen molar-refractivity contribution in [2.75, 3.05) is 0 Å². The van der Waals surface area contributed by atoms with E-state index in [4.69, 9.17) is 9.57 Å². The largest absolute Gasteiger partial charge is 0.442 e. The Morgan fingerprint density at radius 1 is 1.29 bits per heavy atom. The van der Waals surface area contributed by atoms with Crippen molar-refractivity contribution in [3.8, 4) is 0 Å². The third-order valence-corrected chi connectivity index (χ3v) is 4.76. The van der Waals surface area contributed by atoms with E-state index in [1.165, 1.54) is 12.8 Å².